The molecule has 0 spiro atoms. The summed E-state index contributed by atoms with van der Waals surface area (Å²) < 4.78 is 2.57. The van der Waals surface area contributed by atoms with Crippen LogP contribution >= 0.6 is 0 Å². The molecule has 0 aliphatic carbocycles. The fourth-order valence-corrected chi connectivity index (χ4v) is 10.1. The first-order valence-electron chi connectivity index (χ1n) is 26.1. The zero-order valence-corrected chi connectivity index (χ0v) is 41.5. The first-order chi connectivity index (χ1) is 36.1. The van der Waals surface area contributed by atoms with Crippen LogP contribution in [0.5, 0.6) is 0 Å². The molecule has 4 aromatic carbocycles. The zero-order chi connectivity index (χ0) is 49.2. The maximum absolute atomic E-state index is 5.00. The van der Waals surface area contributed by atoms with Gasteiger partial charge in [0.1, 0.15) is 0 Å². The molecule has 0 amide bonds. The van der Waals surface area contributed by atoms with Crippen molar-refractivity contribution >= 4 is 21.8 Å². The van der Waals surface area contributed by atoms with Crippen LogP contribution in [-0.2, 0) is 6.54 Å². The summed E-state index contributed by atoms with van der Waals surface area (Å²) in [5.74, 6) is 0. The second-order valence-electron chi connectivity index (χ2n) is 19.1. The van der Waals surface area contributed by atoms with E-state index in [4.69, 9.17) is 9.97 Å². The quantitative estimate of drug-likeness (QED) is 0.0751. The highest BCUT2D eigenvalue weighted by molar-refractivity contribution is 6.10. The molecule has 0 unspecified atom stereocenters. The second-order valence-corrected chi connectivity index (χ2v) is 19.1. The fraction of sp³-hybridized carbons (Fsp3) is 0.182. The van der Waals surface area contributed by atoms with Gasteiger partial charge in [0.15, 0.2) is 0 Å². The van der Waals surface area contributed by atoms with E-state index in [1.165, 1.54) is 108 Å². The summed E-state index contributed by atoms with van der Waals surface area (Å²) in [6.07, 6.45) is 20.5. The van der Waals surface area contributed by atoms with Crippen molar-refractivity contribution in [2.24, 2.45) is 0 Å². The standard InChI is InChI=1S/C66H59N7/c1-2-3-4-5-6-7-8-9-10-19-40-73-65-34-32-51(47-24-28-49(29-25-47)53-43-61(57-20-11-15-36-67-57)71-62(44-53)58-21-12-16-37-68-58)41-55(65)56-42-52(33-35-66(56)73)48-26-30-50(31-27-48)54-45-63(59-22-13-17-38-69-59)72-64(46-54)60-23-14-18-39-70-60/h11-18,20-39,41-46H,2-10,19,40H2,1H3. The van der Waals surface area contributed by atoms with E-state index in [1.807, 2.05) is 97.6 Å². The minimum absolute atomic E-state index is 0.817. The Balaban J connectivity index is 0.911. The van der Waals surface area contributed by atoms with Gasteiger partial charge in [-0.3, -0.25) is 19.9 Å². The molecule has 0 bridgehead atoms. The van der Waals surface area contributed by atoms with Gasteiger partial charge in [0.25, 0.3) is 0 Å². The van der Waals surface area contributed by atoms with Crippen molar-refractivity contribution in [3.05, 3.63) is 207 Å². The summed E-state index contributed by atoms with van der Waals surface area (Å²) in [4.78, 5) is 28.5. The molecular formula is C66H59N7. The Hall–Kier alpha value is -8.42. The predicted octanol–water partition coefficient (Wildman–Crippen LogP) is 17.4. The largest absolute Gasteiger partial charge is 0.340 e. The van der Waals surface area contributed by atoms with Crippen LogP contribution in [0, 0.1) is 0 Å². The van der Waals surface area contributed by atoms with E-state index in [-0.39, 0.29) is 0 Å². The SMILES string of the molecule is CCCCCCCCCCCCn1c2ccc(-c3ccc(-c4cc(-c5ccccn5)nc(-c5ccccn5)c4)cc3)cc2c2cc(-c3ccc(-c4cc(-c5ccccn5)nc(-c5ccccn5)c4)cc3)ccc21. The lowest BCUT2D eigenvalue weighted by molar-refractivity contribution is 0.541. The number of pyridine rings is 6. The normalized spacial score (nSPS) is 11.4. The maximum atomic E-state index is 5.00. The number of unbranched alkanes of at least 4 members (excludes halogenated alkanes) is 9. The van der Waals surface area contributed by atoms with Crippen LogP contribution in [-0.4, -0.2) is 34.5 Å². The van der Waals surface area contributed by atoms with Crippen molar-refractivity contribution in [1.82, 2.24) is 34.5 Å². The summed E-state index contributed by atoms with van der Waals surface area (Å²) in [5, 5.41) is 2.55. The monoisotopic (exact) mass is 949 g/mol. The number of benzene rings is 4. The molecule has 7 nitrogen and oxygen atoms in total. The van der Waals surface area contributed by atoms with Crippen molar-refractivity contribution < 1.29 is 0 Å². The molecule has 0 aliphatic rings. The topological polar surface area (TPSA) is 82.3 Å². The van der Waals surface area contributed by atoms with Crippen molar-refractivity contribution in [3.8, 4) is 90.1 Å². The molecule has 7 heterocycles. The van der Waals surface area contributed by atoms with Gasteiger partial charge in [0, 0.05) is 53.1 Å². The Morgan fingerprint density at radius 2 is 0.603 bits per heavy atom. The molecule has 0 N–H and O–H groups in total. The van der Waals surface area contributed by atoms with Crippen molar-refractivity contribution in [1.29, 1.82) is 0 Å². The number of aryl methyl sites for hydroxylation is 1. The van der Waals surface area contributed by atoms with E-state index < -0.39 is 0 Å². The van der Waals surface area contributed by atoms with E-state index in [2.05, 4.69) is 141 Å². The Morgan fingerprint density at radius 3 is 0.932 bits per heavy atom. The molecule has 11 rings (SSSR count). The third kappa shape index (κ3) is 10.8. The van der Waals surface area contributed by atoms with Gasteiger partial charge < -0.3 is 4.57 Å². The van der Waals surface area contributed by atoms with E-state index in [1.54, 1.807) is 0 Å². The van der Waals surface area contributed by atoms with E-state index in [9.17, 15) is 0 Å². The van der Waals surface area contributed by atoms with Gasteiger partial charge >= 0.3 is 0 Å². The lowest BCUT2D eigenvalue weighted by Crippen LogP contribution is -1.98. The lowest BCUT2D eigenvalue weighted by Gasteiger charge is -2.11. The average molecular weight is 950 g/mol. The Labute approximate surface area is 428 Å². The summed E-state index contributed by atoms with van der Waals surface area (Å²) in [6.45, 7) is 3.29. The van der Waals surface area contributed by atoms with Crippen LogP contribution in [0.1, 0.15) is 71.1 Å². The highest BCUT2D eigenvalue weighted by atomic mass is 15.0. The first kappa shape index (κ1) is 46.9. The molecule has 0 atom stereocenters. The number of fused-ring (bicyclic) bond motifs is 3. The number of nitrogens with zero attached hydrogens (tertiary/aromatic N) is 7. The van der Waals surface area contributed by atoms with Crippen LogP contribution in [0.2, 0.25) is 0 Å². The van der Waals surface area contributed by atoms with Crippen molar-refractivity contribution in [2.75, 3.05) is 0 Å². The van der Waals surface area contributed by atoms with E-state index in [0.29, 0.717) is 0 Å². The minimum Gasteiger partial charge on any atom is -0.340 e. The smallest absolute Gasteiger partial charge is 0.0900 e. The Bertz CT molecular complexity index is 3230. The average Bonchev–Trinajstić information content (AvgIpc) is 3.78. The molecule has 0 aliphatic heterocycles. The number of rotatable bonds is 19. The Morgan fingerprint density at radius 1 is 0.288 bits per heavy atom. The van der Waals surface area contributed by atoms with Gasteiger partial charge in [-0.1, -0.05) is 150 Å². The Kier molecular flexibility index (Phi) is 14.4. The molecule has 0 saturated carbocycles. The molecule has 0 saturated heterocycles. The fourth-order valence-electron chi connectivity index (χ4n) is 10.1. The highest BCUT2D eigenvalue weighted by Crippen LogP contribution is 2.38. The van der Waals surface area contributed by atoms with Gasteiger partial charge in [-0.05, 0) is 148 Å². The molecule has 0 fully saturated rings. The van der Waals surface area contributed by atoms with Gasteiger partial charge in [-0.15, -0.1) is 0 Å². The van der Waals surface area contributed by atoms with Gasteiger partial charge in [0.05, 0.1) is 45.6 Å². The third-order valence-corrected chi connectivity index (χ3v) is 14.1. The van der Waals surface area contributed by atoms with Gasteiger partial charge in [-0.2, -0.15) is 0 Å². The van der Waals surface area contributed by atoms with Crippen LogP contribution in [0.3, 0.4) is 0 Å². The first-order valence-corrected chi connectivity index (χ1v) is 26.1. The number of hydrogen-bond donors (Lipinski definition) is 0. The molecule has 7 heteroatoms. The summed E-state index contributed by atoms with van der Waals surface area (Å²) in [5.41, 5.74) is 18.2. The third-order valence-electron chi connectivity index (χ3n) is 14.1. The summed E-state index contributed by atoms with van der Waals surface area (Å²) >= 11 is 0. The van der Waals surface area contributed by atoms with E-state index in [0.717, 1.165) is 74.3 Å². The molecule has 73 heavy (non-hydrogen) atoms. The van der Waals surface area contributed by atoms with Crippen molar-refractivity contribution in [2.45, 2.75) is 77.7 Å². The molecule has 7 aromatic heterocycles. The van der Waals surface area contributed by atoms with Crippen LogP contribution in [0.15, 0.2) is 207 Å². The molecule has 0 radical (unpaired) electrons. The van der Waals surface area contributed by atoms with Crippen LogP contribution in [0.4, 0.5) is 0 Å². The highest BCUT2D eigenvalue weighted by Gasteiger charge is 2.16. The maximum Gasteiger partial charge on any atom is 0.0900 e. The van der Waals surface area contributed by atoms with Crippen molar-refractivity contribution in [3.63, 3.8) is 0 Å². The van der Waals surface area contributed by atoms with Gasteiger partial charge in [0.2, 0.25) is 0 Å². The molecule has 358 valence electrons. The van der Waals surface area contributed by atoms with Gasteiger partial charge in [-0.25, -0.2) is 9.97 Å². The number of hydrogen-bond acceptors (Lipinski definition) is 6. The van der Waals surface area contributed by atoms with Crippen LogP contribution < -0.4 is 0 Å². The predicted molar refractivity (Wildman–Crippen MR) is 302 cm³/mol. The minimum atomic E-state index is 0.817. The molecular weight excluding hydrogens is 891 g/mol. The van der Waals surface area contributed by atoms with E-state index >= 15 is 0 Å². The second kappa shape index (κ2) is 22.3. The zero-order valence-electron chi connectivity index (χ0n) is 41.5. The van der Waals surface area contributed by atoms with Crippen LogP contribution in [0.25, 0.3) is 112 Å². The molecule has 11 aromatic rings. The summed E-state index contributed by atoms with van der Waals surface area (Å²) in [6, 6.07) is 64.2. The lowest BCUT2D eigenvalue weighted by atomic mass is 9.97. The summed E-state index contributed by atoms with van der Waals surface area (Å²) in [7, 11) is 0. The number of aromatic nitrogens is 7.